The molecule has 2 rings (SSSR count). The second kappa shape index (κ2) is 10.2. The number of rotatable bonds is 8. The Morgan fingerprint density at radius 3 is 2.63 bits per heavy atom. The van der Waals surface area contributed by atoms with Gasteiger partial charge in [-0.2, -0.15) is 0 Å². The lowest BCUT2D eigenvalue weighted by molar-refractivity contribution is -0.147. The van der Waals surface area contributed by atoms with Crippen LogP contribution in [0.5, 0.6) is 0 Å². The molecule has 0 aliphatic carbocycles. The van der Waals surface area contributed by atoms with E-state index in [2.05, 4.69) is 10.3 Å². The average molecular weight is 388 g/mol. The molecule has 8 heteroatoms. The molecule has 0 spiro atoms. The van der Waals surface area contributed by atoms with Gasteiger partial charge < -0.3 is 14.8 Å². The first-order chi connectivity index (χ1) is 13.0. The number of aromatic nitrogens is 1. The summed E-state index contributed by atoms with van der Waals surface area (Å²) in [5.41, 5.74) is 1.51. The SMILES string of the molecule is COC(=O)C(Cc1ccccc1)NC(=O)COC(=O)/C=C/c1csc(C)n1. The molecule has 0 aliphatic rings. The van der Waals surface area contributed by atoms with E-state index in [1.165, 1.54) is 30.6 Å². The molecule has 1 aromatic heterocycles. The van der Waals surface area contributed by atoms with E-state index in [1.807, 2.05) is 37.3 Å². The van der Waals surface area contributed by atoms with E-state index in [0.717, 1.165) is 10.6 Å². The molecule has 1 aromatic carbocycles. The molecule has 1 amide bonds. The van der Waals surface area contributed by atoms with Crippen molar-refractivity contribution < 1.29 is 23.9 Å². The number of benzene rings is 1. The van der Waals surface area contributed by atoms with Crippen molar-refractivity contribution in [1.82, 2.24) is 10.3 Å². The Kier molecular flexibility index (Phi) is 7.69. The lowest BCUT2D eigenvalue weighted by Gasteiger charge is -2.16. The van der Waals surface area contributed by atoms with Gasteiger partial charge in [0, 0.05) is 17.9 Å². The molecule has 0 bridgehead atoms. The van der Waals surface area contributed by atoms with Crippen molar-refractivity contribution in [3.63, 3.8) is 0 Å². The van der Waals surface area contributed by atoms with Crippen LogP contribution in [0.15, 0.2) is 41.8 Å². The van der Waals surface area contributed by atoms with Crippen LogP contribution in [0.4, 0.5) is 0 Å². The minimum atomic E-state index is -0.864. The maximum Gasteiger partial charge on any atom is 0.331 e. The topological polar surface area (TPSA) is 94.6 Å². The maximum absolute atomic E-state index is 12.0. The number of thiazole rings is 1. The van der Waals surface area contributed by atoms with Crippen LogP contribution in [-0.4, -0.2) is 42.6 Å². The van der Waals surface area contributed by atoms with Crippen LogP contribution < -0.4 is 5.32 Å². The zero-order valence-electron chi connectivity index (χ0n) is 15.0. The molecular weight excluding hydrogens is 368 g/mol. The van der Waals surface area contributed by atoms with Gasteiger partial charge in [-0.05, 0) is 18.6 Å². The summed E-state index contributed by atoms with van der Waals surface area (Å²) in [6, 6.07) is 8.35. The fourth-order valence-corrected chi connectivity index (χ4v) is 2.80. The third-order valence-corrected chi connectivity index (χ3v) is 4.27. The van der Waals surface area contributed by atoms with Crippen molar-refractivity contribution in [3.8, 4) is 0 Å². The van der Waals surface area contributed by atoms with E-state index in [1.54, 1.807) is 5.38 Å². The molecule has 27 heavy (non-hydrogen) atoms. The molecule has 1 heterocycles. The molecule has 0 saturated heterocycles. The molecule has 0 radical (unpaired) electrons. The monoisotopic (exact) mass is 388 g/mol. The summed E-state index contributed by atoms with van der Waals surface area (Å²) < 4.78 is 9.60. The van der Waals surface area contributed by atoms with Gasteiger partial charge in [0.2, 0.25) is 0 Å². The second-order valence-corrected chi connectivity index (χ2v) is 6.63. The Bertz CT molecular complexity index is 817. The van der Waals surface area contributed by atoms with Gasteiger partial charge in [0.05, 0.1) is 17.8 Å². The van der Waals surface area contributed by atoms with Gasteiger partial charge in [0.25, 0.3) is 5.91 Å². The lowest BCUT2D eigenvalue weighted by atomic mass is 10.1. The number of carbonyl (C=O) groups excluding carboxylic acids is 3. The third kappa shape index (κ3) is 7.02. The molecule has 1 N–H and O–H groups in total. The second-order valence-electron chi connectivity index (χ2n) is 5.57. The highest BCUT2D eigenvalue weighted by Gasteiger charge is 2.22. The number of methoxy groups -OCH3 is 1. The molecular formula is C19H20N2O5S. The summed E-state index contributed by atoms with van der Waals surface area (Å²) in [4.78, 5) is 39.8. The number of hydrogen-bond acceptors (Lipinski definition) is 7. The van der Waals surface area contributed by atoms with Crippen molar-refractivity contribution >= 4 is 35.3 Å². The van der Waals surface area contributed by atoms with Crippen molar-refractivity contribution in [1.29, 1.82) is 0 Å². The van der Waals surface area contributed by atoms with Gasteiger partial charge in [-0.3, -0.25) is 4.79 Å². The predicted molar refractivity (Wildman–Crippen MR) is 101 cm³/mol. The number of nitrogens with one attached hydrogen (secondary N) is 1. The van der Waals surface area contributed by atoms with Crippen molar-refractivity contribution in [2.75, 3.05) is 13.7 Å². The van der Waals surface area contributed by atoms with Gasteiger partial charge in [-0.1, -0.05) is 30.3 Å². The standard InChI is InChI=1S/C19H20N2O5S/c1-13-20-15(12-27-13)8-9-18(23)26-11-17(22)21-16(19(24)25-2)10-14-6-4-3-5-7-14/h3-9,12,16H,10-11H2,1-2H3,(H,21,22)/b9-8+. The molecule has 1 unspecified atom stereocenters. The molecule has 2 aromatic rings. The maximum atomic E-state index is 12.0. The molecule has 7 nitrogen and oxygen atoms in total. The fraction of sp³-hybridized carbons (Fsp3) is 0.263. The summed E-state index contributed by atoms with van der Waals surface area (Å²) in [6.45, 7) is 1.36. The van der Waals surface area contributed by atoms with Crippen LogP contribution in [0.25, 0.3) is 6.08 Å². The quantitative estimate of drug-likeness (QED) is 0.548. The predicted octanol–water partition coefficient (Wildman–Crippen LogP) is 1.91. The van der Waals surface area contributed by atoms with Gasteiger partial charge >= 0.3 is 11.9 Å². The number of aryl methyl sites for hydroxylation is 1. The smallest absolute Gasteiger partial charge is 0.331 e. The van der Waals surface area contributed by atoms with E-state index < -0.39 is 30.5 Å². The lowest BCUT2D eigenvalue weighted by Crippen LogP contribution is -2.44. The van der Waals surface area contributed by atoms with Crippen LogP contribution in [0, 0.1) is 6.92 Å². The number of hydrogen-bond donors (Lipinski definition) is 1. The van der Waals surface area contributed by atoms with E-state index >= 15 is 0 Å². The minimum absolute atomic E-state index is 0.274. The van der Waals surface area contributed by atoms with Gasteiger partial charge in [0.15, 0.2) is 6.61 Å². The molecule has 1 atom stereocenters. The number of amides is 1. The van der Waals surface area contributed by atoms with E-state index in [-0.39, 0.29) is 6.42 Å². The fourth-order valence-electron chi connectivity index (χ4n) is 2.22. The van der Waals surface area contributed by atoms with E-state index in [9.17, 15) is 14.4 Å². The van der Waals surface area contributed by atoms with Crippen LogP contribution in [0.2, 0.25) is 0 Å². The zero-order chi connectivity index (χ0) is 19.6. The molecule has 0 aliphatic heterocycles. The summed E-state index contributed by atoms with van der Waals surface area (Å²) in [6.07, 6.45) is 2.98. The molecule has 0 fully saturated rings. The number of esters is 2. The number of ether oxygens (including phenoxy) is 2. The van der Waals surface area contributed by atoms with Crippen molar-refractivity contribution in [2.24, 2.45) is 0 Å². The normalized spacial score (nSPS) is 11.8. The first-order valence-corrected chi connectivity index (χ1v) is 9.04. The van der Waals surface area contributed by atoms with Gasteiger partial charge in [0.1, 0.15) is 6.04 Å². The average Bonchev–Trinajstić information content (AvgIpc) is 3.09. The largest absolute Gasteiger partial charge is 0.467 e. The van der Waals surface area contributed by atoms with Crippen LogP contribution in [-0.2, 0) is 30.3 Å². The molecule has 142 valence electrons. The van der Waals surface area contributed by atoms with E-state index in [4.69, 9.17) is 9.47 Å². The van der Waals surface area contributed by atoms with Crippen molar-refractivity contribution in [3.05, 3.63) is 58.1 Å². The van der Waals surface area contributed by atoms with Gasteiger partial charge in [-0.15, -0.1) is 11.3 Å². The van der Waals surface area contributed by atoms with Crippen LogP contribution in [0.3, 0.4) is 0 Å². The minimum Gasteiger partial charge on any atom is -0.467 e. The number of carbonyl (C=O) groups is 3. The summed E-state index contributed by atoms with van der Waals surface area (Å²) in [5.74, 6) is -1.83. The zero-order valence-corrected chi connectivity index (χ0v) is 15.8. The highest BCUT2D eigenvalue weighted by Crippen LogP contribution is 2.09. The number of nitrogens with zero attached hydrogens (tertiary/aromatic N) is 1. The highest BCUT2D eigenvalue weighted by molar-refractivity contribution is 7.09. The summed E-state index contributed by atoms with van der Waals surface area (Å²) >= 11 is 1.46. The molecule has 0 saturated carbocycles. The Labute approximate surface area is 161 Å². The van der Waals surface area contributed by atoms with Crippen molar-refractivity contribution in [2.45, 2.75) is 19.4 Å². The first-order valence-electron chi connectivity index (χ1n) is 8.16. The summed E-state index contributed by atoms with van der Waals surface area (Å²) in [7, 11) is 1.25. The first kappa shape index (κ1) is 20.3. The van der Waals surface area contributed by atoms with E-state index in [0.29, 0.717) is 5.69 Å². The van der Waals surface area contributed by atoms with Gasteiger partial charge in [-0.25, -0.2) is 14.6 Å². The van der Waals surface area contributed by atoms with Crippen LogP contribution >= 0.6 is 11.3 Å². The van der Waals surface area contributed by atoms with Crippen LogP contribution in [0.1, 0.15) is 16.3 Å². The third-order valence-electron chi connectivity index (χ3n) is 3.48. The Hall–Kier alpha value is -3.00. The Morgan fingerprint density at radius 2 is 2.00 bits per heavy atom. The summed E-state index contributed by atoms with van der Waals surface area (Å²) in [5, 5.41) is 5.21. The Morgan fingerprint density at radius 1 is 1.26 bits per heavy atom. The highest BCUT2D eigenvalue weighted by atomic mass is 32.1. The Balaban J connectivity index is 1.84.